The molecule has 0 saturated carbocycles. The highest BCUT2D eigenvalue weighted by atomic mass is 16.4. The van der Waals surface area contributed by atoms with Crippen LogP contribution in [0.2, 0.25) is 0 Å². The normalized spacial score (nSPS) is 14.9. The van der Waals surface area contributed by atoms with E-state index < -0.39 is 12.0 Å². The Hall–Kier alpha value is -1.33. The summed E-state index contributed by atoms with van der Waals surface area (Å²) in [6.07, 6.45) is 0. The summed E-state index contributed by atoms with van der Waals surface area (Å²) in [7, 11) is 3.31. The van der Waals surface area contributed by atoms with Crippen LogP contribution in [0.15, 0.2) is 16.5 Å². The van der Waals surface area contributed by atoms with E-state index in [0.717, 1.165) is 5.76 Å². The Morgan fingerprint density at radius 2 is 2.07 bits per heavy atom. The lowest BCUT2D eigenvalue weighted by atomic mass is 10.1. The molecule has 0 aliphatic carbocycles. The third-order valence-corrected chi connectivity index (χ3v) is 2.29. The molecule has 0 fully saturated rings. The zero-order valence-electron chi connectivity index (χ0n) is 9.07. The highest BCUT2D eigenvalue weighted by molar-refractivity contribution is 5.74. The van der Waals surface area contributed by atoms with Gasteiger partial charge in [0.25, 0.3) is 0 Å². The summed E-state index contributed by atoms with van der Waals surface area (Å²) in [5.41, 5.74) is 0. The Labute approximate surface area is 88.5 Å². The molecule has 0 aliphatic rings. The molecule has 2 unspecified atom stereocenters. The number of furan rings is 1. The molecule has 0 radical (unpaired) electrons. The molecule has 1 aromatic rings. The van der Waals surface area contributed by atoms with Crippen molar-refractivity contribution in [2.75, 3.05) is 14.1 Å². The van der Waals surface area contributed by atoms with Crippen LogP contribution in [0.4, 0.5) is 0 Å². The number of hydrogen-bond donors (Lipinski definition) is 3. The van der Waals surface area contributed by atoms with E-state index in [1.807, 2.05) is 13.0 Å². The standard InChI is InChI=1S/C10H16N2O3/c1-6-4-5-7(15-6)8(11-2)9(12-3)10(13)14/h4-5,8-9,11-12H,1-3H3,(H,13,14). The maximum Gasteiger partial charge on any atom is 0.322 e. The van der Waals surface area contributed by atoms with Gasteiger partial charge in [-0.25, -0.2) is 0 Å². The molecule has 5 heteroatoms. The van der Waals surface area contributed by atoms with Crippen molar-refractivity contribution in [2.45, 2.75) is 19.0 Å². The average molecular weight is 212 g/mol. The van der Waals surface area contributed by atoms with Crippen LogP contribution < -0.4 is 10.6 Å². The van der Waals surface area contributed by atoms with Gasteiger partial charge < -0.3 is 20.2 Å². The van der Waals surface area contributed by atoms with E-state index in [1.54, 1.807) is 20.2 Å². The molecule has 0 aliphatic heterocycles. The van der Waals surface area contributed by atoms with E-state index in [4.69, 9.17) is 9.52 Å². The monoisotopic (exact) mass is 212 g/mol. The Bertz CT molecular complexity index is 335. The predicted molar refractivity (Wildman–Crippen MR) is 55.7 cm³/mol. The first-order valence-electron chi connectivity index (χ1n) is 4.73. The molecule has 0 aromatic carbocycles. The second kappa shape index (κ2) is 4.95. The molecule has 5 nitrogen and oxygen atoms in total. The van der Waals surface area contributed by atoms with Crippen LogP contribution in [0, 0.1) is 6.92 Å². The van der Waals surface area contributed by atoms with Crippen LogP contribution in [0.1, 0.15) is 17.6 Å². The molecule has 0 amide bonds. The molecule has 1 heterocycles. The molecule has 0 saturated heterocycles. The molecule has 15 heavy (non-hydrogen) atoms. The number of aryl methyl sites for hydroxylation is 1. The molecule has 84 valence electrons. The van der Waals surface area contributed by atoms with Crippen molar-refractivity contribution >= 4 is 5.97 Å². The van der Waals surface area contributed by atoms with E-state index in [9.17, 15) is 4.79 Å². The highest BCUT2D eigenvalue weighted by Crippen LogP contribution is 2.19. The molecule has 1 rings (SSSR count). The Kier molecular flexibility index (Phi) is 3.88. The zero-order valence-corrected chi connectivity index (χ0v) is 9.07. The first-order valence-corrected chi connectivity index (χ1v) is 4.73. The van der Waals surface area contributed by atoms with Gasteiger partial charge in [0, 0.05) is 0 Å². The van der Waals surface area contributed by atoms with Crippen LogP contribution >= 0.6 is 0 Å². The number of carboxylic acids is 1. The van der Waals surface area contributed by atoms with Gasteiger partial charge in [0.15, 0.2) is 0 Å². The molecule has 1 aromatic heterocycles. The smallest absolute Gasteiger partial charge is 0.322 e. The fraction of sp³-hybridized carbons (Fsp3) is 0.500. The fourth-order valence-corrected chi connectivity index (χ4v) is 1.53. The summed E-state index contributed by atoms with van der Waals surface area (Å²) < 4.78 is 5.40. The van der Waals surface area contributed by atoms with E-state index in [0.29, 0.717) is 5.76 Å². The Morgan fingerprint density at radius 3 is 2.40 bits per heavy atom. The lowest BCUT2D eigenvalue weighted by molar-refractivity contribution is -0.140. The first kappa shape index (κ1) is 11.7. The van der Waals surface area contributed by atoms with Crippen LogP contribution in [0.25, 0.3) is 0 Å². The predicted octanol–water partition coefficient (Wildman–Crippen LogP) is 0.521. The lowest BCUT2D eigenvalue weighted by Gasteiger charge is -2.20. The van der Waals surface area contributed by atoms with Gasteiger partial charge in [0.1, 0.15) is 17.6 Å². The van der Waals surface area contributed by atoms with Crippen LogP contribution in [-0.2, 0) is 4.79 Å². The zero-order chi connectivity index (χ0) is 11.4. The summed E-state index contributed by atoms with van der Waals surface area (Å²) in [6, 6.07) is 2.51. The second-order valence-electron chi connectivity index (χ2n) is 3.32. The maximum atomic E-state index is 11.0. The topological polar surface area (TPSA) is 74.5 Å². The van der Waals surface area contributed by atoms with Crippen molar-refractivity contribution in [3.63, 3.8) is 0 Å². The van der Waals surface area contributed by atoms with Crippen LogP contribution in [0.5, 0.6) is 0 Å². The number of nitrogens with one attached hydrogen (secondary N) is 2. The third kappa shape index (κ3) is 2.57. The van der Waals surface area contributed by atoms with E-state index in [1.165, 1.54) is 0 Å². The number of carboxylic acid groups (broad SMARTS) is 1. The molecule has 0 bridgehead atoms. The largest absolute Gasteiger partial charge is 0.480 e. The molecule has 3 N–H and O–H groups in total. The second-order valence-corrected chi connectivity index (χ2v) is 3.32. The minimum atomic E-state index is -0.911. The van der Waals surface area contributed by atoms with Crippen molar-refractivity contribution in [3.8, 4) is 0 Å². The van der Waals surface area contributed by atoms with Crippen molar-refractivity contribution < 1.29 is 14.3 Å². The van der Waals surface area contributed by atoms with Gasteiger partial charge in [0.2, 0.25) is 0 Å². The van der Waals surface area contributed by atoms with Crippen molar-refractivity contribution in [3.05, 3.63) is 23.7 Å². The summed E-state index contributed by atoms with van der Waals surface area (Å²) in [6.45, 7) is 1.82. The lowest BCUT2D eigenvalue weighted by Crippen LogP contribution is -2.44. The first-order chi connectivity index (χ1) is 7.10. The third-order valence-electron chi connectivity index (χ3n) is 2.29. The summed E-state index contributed by atoms with van der Waals surface area (Å²) in [5, 5.41) is 14.7. The number of likely N-dealkylation sites (N-methyl/N-ethyl adjacent to an activating group) is 2. The minimum Gasteiger partial charge on any atom is -0.480 e. The molecular formula is C10H16N2O3. The SMILES string of the molecule is CNC(C(=O)O)C(NC)c1ccc(C)o1. The molecular weight excluding hydrogens is 196 g/mol. The number of hydrogen-bond acceptors (Lipinski definition) is 4. The molecule has 0 spiro atoms. The number of rotatable bonds is 5. The van der Waals surface area contributed by atoms with Gasteiger partial charge in [-0.2, -0.15) is 0 Å². The van der Waals surface area contributed by atoms with E-state index in [-0.39, 0.29) is 6.04 Å². The van der Waals surface area contributed by atoms with Crippen molar-refractivity contribution in [1.82, 2.24) is 10.6 Å². The van der Waals surface area contributed by atoms with Crippen LogP contribution in [-0.4, -0.2) is 31.2 Å². The van der Waals surface area contributed by atoms with Gasteiger partial charge in [0.05, 0.1) is 6.04 Å². The minimum absolute atomic E-state index is 0.374. The maximum absolute atomic E-state index is 11.0. The Balaban J connectivity index is 2.91. The van der Waals surface area contributed by atoms with E-state index in [2.05, 4.69) is 10.6 Å². The van der Waals surface area contributed by atoms with Crippen LogP contribution in [0.3, 0.4) is 0 Å². The van der Waals surface area contributed by atoms with Gasteiger partial charge in [-0.15, -0.1) is 0 Å². The van der Waals surface area contributed by atoms with Gasteiger partial charge in [-0.05, 0) is 33.2 Å². The van der Waals surface area contributed by atoms with Crippen molar-refractivity contribution in [1.29, 1.82) is 0 Å². The van der Waals surface area contributed by atoms with Gasteiger partial charge in [-0.3, -0.25) is 4.79 Å². The summed E-state index contributed by atoms with van der Waals surface area (Å²) in [4.78, 5) is 11.0. The summed E-state index contributed by atoms with van der Waals surface area (Å²) >= 11 is 0. The van der Waals surface area contributed by atoms with E-state index >= 15 is 0 Å². The van der Waals surface area contributed by atoms with Gasteiger partial charge >= 0.3 is 5.97 Å². The Morgan fingerprint density at radius 1 is 1.40 bits per heavy atom. The number of carbonyl (C=O) groups is 1. The van der Waals surface area contributed by atoms with Crippen molar-refractivity contribution in [2.24, 2.45) is 0 Å². The average Bonchev–Trinajstić information content (AvgIpc) is 2.60. The number of aliphatic carboxylic acids is 1. The van der Waals surface area contributed by atoms with Gasteiger partial charge in [-0.1, -0.05) is 0 Å². The quantitative estimate of drug-likeness (QED) is 0.663. The fourth-order valence-electron chi connectivity index (χ4n) is 1.53. The molecule has 2 atom stereocenters. The summed E-state index contributed by atoms with van der Waals surface area (Å²) in [5.74, 6) is 0.480. The highest BCUT2D eigenvalue weighted by Gasteiger charge is 2.28.